The largest absolute Gasteiger partial charge is 0.509 e. The maximum atomic E-state index is 6.74. The van der Waals surface area contributed by atoms with E-state index in [0.29, 0.717) is 11.5 Å². The second-order valence-electron chi connectivity index (χ2n) is 24.3. The van der Waals surface area contributed by atoms with Crippen LogP contribution in [0.3, 0.4) is 0 Å². The predicted octanol–water partition coefficient (Wildman–Crippen LogP) is 19.2. The minimum absolute atomic E-state index is 0. The van der Waals surface area contributed by atoms with E-state index in [2.05, 4.69) is 274 Å². The zero-order valence-electron chi connectivity index (χ0n) is 45.9. The molecule has 0 saturated carbocycles. The van der Waals surface area contributed by atoms with E-state index in [0.717, 1.165) is 61.5 Å². The van der Waals surface area contributed by atoms with Gasteiger partial charge >= 0.3 is 0 Å². The summed E-state index contributed by atoms with van der Waals surface area (Å²) >= 11 is 0. The third-order valence-corrected chi connectivity index (χ3v) is 14.8. The Morgan fingerprint density at radius 2 is 1.00 bits per heavy atom. The number of aromatic nitrogens is 2. The maximum absolute atomic E-state index is 6.74. The first-order valence-electron chi connectivity index (χ1n) is 26.3. The molecule has 0 N–H and O–H groups in total. The molecule has 0 amide bonds. The zero-order valence-corrected chi connectivity index (χ0v) is 48.2. The summed E-state index contributed by atoms with van der Waals surface area (Å²) in [5.41, 5.74) is 18.1. The van der Waals surface area contributed by atoms with Gasteiger partial charge in [0.05, 0.1) is 0 Å². The average Bonchev–Trinajstić information content (AvgIpc) is 4.02. The molecular formula is C70H67N4OPt-3. The minimum Gasteiger partial charge on any atom is -0.509 e. The van der Waals surface area contributed by atoms with E-state index < -0.39 is 0 Å². The Morgan fingerprint density at radius 1 is 0.434 bits per heavy atom. The fraction of sp³-hybridized carbons (Fsp3) is 0.229. The first-order chi connectivity index (χ1) is 35.7. The van der Waals surface area contributed by atoms with E-state index in [1.165, 1.54) is 44.5 Å². The number of nitrogens with zero attached hydrogens (tertiary/aromatic N) is 4. The van der Waals surface area contributed by atoms with Crippen molar-refractivity contribution in [3.05, 3.63) is 223 Å². The SMILES string of the molecule is CC(C)(C)c1ccc(-c2ccc(-c3cc(C(C)(C)C)cc(-c4cccc(C(C)(C)C)c4)c3N3[CH-]N(c4[c-]c(Oc5[c-]c6c(cc5)c5ccccc5n6-c5ccc(C(C)(C)C)cn5)ccc4)c4ccccc43)cc2)cc1.[Pt]. The molecule has 1 aliphatic heterocycles. The molecule has 386 valence electrons. The van der Waals surface area contributed by atoms with E-state index in [1.54, 1.807) is 0 Å². The Bertz CT molecular complexity index is 3750. The first kappa shape index (κ1) is 52.2. The zero-order chi connectivity index (χ0) is 52.6. The molecule has 2 aromatic heterocycles. The molecule has 10 aromatic rings. The van der Waals surface area contributed by atoms with Gasteiger partial charge in [-0.2, -0.15) is 12.1 Å². The molecule has 5 nitrogen and oxygen atoms in total. The molecule has 0 fully saturated rings. The van der Waals surface area contributed by atoms with Gasteiger partial charge in [0, 0.05) is 72.5 Å². The van der Waals surface area contributed by atoms with E-state index in [1.807, 2.05) is 24.4 Å². The van der Waals surface area contributed by atoms with E-state index in [4.69, 9.17) is 9.72 Å². The third-order valence-electron chi connectivity index (χ3n) is 14.8. The van der Waals surface area contributed by atoms with Crippen LogP contribution < -0.4 is 14.5 Å². The molecule has 0 saturated heterocycles. The van der Waals surface area contributed by atoms with Crippen LogP contribution >= 0.6 is 0 Å². The van der Waals surface area contributed by atoms with Crippen molar-refractivity contribution < 1.29 is 25.8 Å². The topological polar surface area (TPSA) is 33.5 Å². The third kappa shape index (κ3) is 10.0. The summed E-state index contributed by atoms with van der Waals surface area (Å²) in [6.45, 7) is 29.5. The van der Waals surface area contributed by atoms with Crippen LogP contribution in [0.4, 0.5) is 22.7 Å². The number of hydrogen-bond donors (Lipinski definition) is 0. The average molecular weight is 1180 g/mol. The summed E-state index contributed by atoms with van der Waals surface area (Å²) < 4.78 is 8.92. The van der Waals surface area contributed by atoms with Crippen LogP contribution in [0, 0.1) is 18.8 Å². The van der Waals surface area contributed by atoms with Gasteiger partial charge in [-0.05, 0) is 108 Å². The molecule has 0 bridgehead atoms. The Balaban J connectivity index is 0.00000657. The van der Waals surface area contributed by atoms with Crippen LogP contribution in [0.15, 0.2) is 182 Å². The van der Waals surface area contributed by atoms with Crippen molar-refractivity contribution in [2.75, 3.05) is 9.80 Å². The van der Waals surface area contributed by atoms with Gasteiger partial charge in [-0.25, -0.2) is 4.98 Å². The fourth-order valence-electron chi connectivity index (χ4n) is 10.3. The quantitative estimate of drug-likeness (QED) is 0.142. The number of fused-ring (bicyclic) bond motifs is 4. The molecule has 11 rings (SSSR count). The van der Waals surface area contributed by atoms with Crippen LogP contribution in [-0.4, -0.2) is 9.55 Å². The van der Waals surface area contributed by atoms with Crippen LogP contribution in [0.1, 0.15) is 105 Å². The molecule has 3 heterocycles. The van der Waals surface area contributed by atoms with Crippen LogP contribution in [0.5, 0.6) is 11.5 Å². The fourth-order valence-corrected chi connectivity index (χ4v) is 10.3. The Kier molecular flexibility index (Phi) is 13.6. The number of rotatable bonds is 8. The minimum atomic E-state index is -0.125. The number of anilines is 4. The molecule has 0 radical (unpaired) electrons. The van der Waals surface area contributed by atoms with E-state index in [-0.39, 0.29) is 42.7 Å². The second-order valence-corrected chi connectivity index (χ2v) is 24.3. The van der Waals surface area contributed by atoms with Crippen molar-refractivity contribution >= 4 is 44.6 Å². The molecule has 8 aromatic carbocycles. The smallest absolute Gasteiger partial charge is 0.135 e. The predicted molar refractivity (Wildman–Crippen MR) is 315 cm³/mol. The van der Waals surface area contributed by atoms with Crippen LogP contribution in [-0.2, 0) is 42.7 Å². The van der Waals surface area contributed by atoms with Crippen molar-refractivity contribution in [2.24, 2.45) is 0 Å². The molecule has 0 aliphatic carbocycles. The monoisotopic (exact) mass is 1170 g/mol. The van der Waals surface area contributed by atoms with Gasteiger partial charge in [-0.3, -0.25) is 0 Å². The number of benzene rings is 8. The summed E-state index contributed by atoms with van der Waals surface area (Å²) in [6.07, 6.45) is 1.99. The molecule has 1 aliphatic rings. The van der Waals surface area contributed by atoms with Crippen molar-refractivity contribution in [1.82, 2.24) is 9.55 Å². The number of para-hydroxylation sites is 3. The van der Waals surface area contributed by atoms with Crippen LogP contribution in [0.25, 0.3) is 61.0 Å². The standard InChI is InChI=1S/C70H67N4O.Pt/c1-67(2,3)50-33-31-47(32-34-50)46-27-29-48(30-28-46)59-40-53(70(10,11)12)41-60(49-19-17-20-51(39-49)68(4,5)6)66(59)73-45-72(62-25-15-16-26-63(62)73)54-21-18-22-55(42-54)75-56-36-37-58-57-23-13-14-24-61(57)74(64(58)43-56)65-38-35-52(44-71-65)69(7,8)9;/h13-41,44-45H,1-12H3;/q-3;. The summed E-state index contributed by atoms with van der Waals surface area (Å²) in [7, 11) is 0. The van der Waals surface area contributed by atoms with Gasteiger partial charge in [0.25, 0.3) is 0 Å². The number of pyridine rings is 1. The first-order valence-corrected chi connectivity index (χ1v) is 26.3. The molecule has 0 spiro atoms. The normalized spacial score (nSPS) is 13.1. The molecule has 76 heavy (non-hydrogen) atoms. The van der Waals surface area contributed by atoms with Crippen molar-refractivity contribution in [3.8, 4) is 50.7 Å². The van der Waals surface area contributed by atoms with Gasteiger partial charge in [-0.1, -0.05) is 198 Å². The van der Waals surface area contributed by atoms with Crippen molar-refractivity contribution in [3.63, 3.8) is 0 Å². The van der Waals surface area contributed by atoms with Crippen LogP contribution in [0.2, 0.25) is 0 Å². The van der Waals surface area contributed by atoms with Gasteiger partial charge in [0.1, 0.15) is 5.82 Å². The van der Waals surface area contributed by atoms with Crippen molar-refractivity contribution in [1.29, 1.82) is 0 Å². The number of hydrogen-bond acceptors (Lipinski definition) is 4. The molecular weight excluding hydrogens is 1110 g/mol. The second kappa shape index (κ2) is 19.7. The van der Waals surface area contributed by atoms with Crippen molar-refractivity contribution in [2.45, 2.75) is 105 Å². The van der Waals surface area contributed by atoms with E-state index in [9.17, 15) is 0 Å². The van der Waals surface area contributed by atoms with E-state index >= 15 is 0 Å². The molecule has 0 atom stereocenters. The maximum Gasteiger partial charge on any atom is 0.135 e. The van der Waals surface area contributed by atoms with Gasteiger partial charge in [0.15, 0.2) is 0 Å². The Labute approximate surface area is 465 Å². The molecule has 6 heteroatoms. The number of ether oxygens (including phenoxy) is 1. The Morgan fingerprint density at radius 3 is 1.64 bits per heavy atom. The van der Waals surface area contributed by atoms with Gasteiger partial charge < -0.3 is 19.1 Å². The van der Waals surface area contributed by atoms with Gasteiger partial charge in [-0.15, -0.1) is 48.1 Å². The molecule has 0 unspecified atom stereocenters. The summed E-state index contributed by atoms with van der Waals surface area (Å²) in [4.78, 5) is 9.61. The summed E-state index contributed by atoms with van der Waals surface area (Å²) in [6, 6.07) is 71.2. The Hall–Kier alpha value is -7.20. The summed E-state index contributed by atoms with van der Waals surface area (Å²) in [5, 5.41) is 2.22. The summed E-state index contributed by atoms with van der Waals surface area (Å²) in [5.74, 6) is 2.02. The van der Waals surface area contributed by atoms with Gasteiger partial charge in [0.2, 0.25) is 0 Å².